The minimum absolute atomic E-state index is 0.0390. The number of rotatable bonds is 4. The van der Waals surface area contributed by atoms with Crippen LogP contribution in [-0.2, 0) is 9.53 Å². The van der Waals surface area contributed by atoms with Crippen molar-refractivity contribution < 1.29 is 14.6 Å². The van der Waals surface area contributed by atoms with E-state index in [1.807, 2.05) is 0 Å². The number of hydrogen-bond donors (Lipinski definition) is 1. The van der Waals surface area contributed by atoms with Crippen LogP contribution in [-0.4, -0.2) is 32.6 Å². The van der Waals surface area contributed by atoms with Crippen molar-refractivity contribution in [2.24, 2.45) is 0 Å². The lowest BCUT2D eigenvalue weighted by Crippen LogP contribution is -2.24. The van der Waals surface area contributed by atoms with Crippen LogP contribution in [0, 0.1) is 0 Å². The molecule has 122 valence electrons. The molecule has 0 saturated carbocycles. The van der Waals surface area contributed by atoms with Gasteiger partial charge in [0.1, 0.15) is 5.65 Å². The highest BCUT2D eigenvalue weighted by molar-refractivity contribution is 5.71. The molecular formula is C17H15N3O4. The molecule has 1 N–H and O–H groups in total. The Morgan fingerprint density at radius 3 is 2.88 bits per heavy atom. The molecule has 0 fully saturated rings. The van der Waals surface area contributed by atoms with Gasteiger partial charge in [0.25, 0.3) is 5.56 Å². The van der Waals surface area contributed by atoms with E-state index in [0.29, 0.717) is 11.2 Å². The number of aromatic nitrogens is 3. The number of pyridine rings is 2. The van der Waals surface area contributed by atoms with Crippen LogP contribution in [0.4, 0.5) is 0 Å². The second-order valence-corrected chi connectivity index (χ2v) is 5.20. The minimum Gasteiger partial charge on any atom is -0.493 e. The fraction of sp³-hybridized carbons (Fsp3) is 0.176. The first-order chi connectivity index (χ1) is 11.6. The molecule has 24 heavy (non-hydrogen) atoms. The molecule has 3 aromatic heterocycles. The molecule has 0 saturated heterocycles. The number of fused-ring (bicyclic) bond motifs is 1. The van der Waals surface area contributed by atoms with Crippen LogP contribution in [0.15, 0.2) is 53.7 Å². The highest BCUT2D eigenvalue weighted by atomic mass is 16.5. The topological polar surface area (TPSA) is 93.8 Å². The third-order valence-corrected chi connectivity index (χ3v) is 3.78. The average molecular weight is 325 g/mol. The van der Waals surface area contributed by atoms with Gasteiger partial charge >= 0.3 is 5.97 Å². The van der Waals surface area contributed by atoms with Gasteiger partial charge in [-0.25, -0.2) is 0 Å². The molecule has 1 unspecified atom stereocenters. The predicted octanol–water partition coefficient (Wildman–Crippen LogP) is 1.49. The number of esters is 1. The van der Waals surface area contributed by atoms with Crippen LogP contribution < -0.4 is 5.56 Å². The Morgan fingerprint density at radius 1 is 1.33 bits per heavy atom. The Kier molecular flexibility index (Phi) is 4.24. The van der Waals surface area contributed by atoms with E-state index >= 15 is 0 Å². The summed E-state index contributed by atoms with van der Waals surface area (Å²) in [6.45, 7) is 0. The zero-order chi connectivity index (χ0) is 17.1. The number of carbonyl (C=O) groups is 1. The SMILES string of the molecule is COC(=O)CC(c1cccnc1)c1c(O)nc2ccccn2c1=O. The van der Waals surface area contributed by atoms with Gasteiger partial charge < -0.3 is 9.84 Å². The first-order valence-electron chi connectivity index (χ1n) is 7.29. The maximum Gasteiger partial charge on any atom is 0.306 e. The van der Waals surface area contributed by atoms with E-state index in [1.54, 1.807) is 48.9 Å². The summed E-state index contributed by atoms with van der Waals surface area (Å²) in [5, 5.41) is 10.3. The Morgan fingerprint density at radius 2 is 2.17 bits per heavy atom. The first-order valence-corrected chi connectivity index (χ1v) is 7.29. The molecular weight excluding hydrogens is 310 g/mol. The summed E-state index contributed by atoms with van der Waals surface area (Å²) in [6, 6.07) is 8.45. The standard InChI is InChI=1S/C17H15N3O4/c1-24-14(21)9-12(11-5-4-7-18-10-11)15-16(22)19-13-6-2-3-8-20(13)17(15)23/h2-8,10,12,22H,9H2,1H3. The van der Waals surface area contributed by atoms with Gasteiger partial charge in [-0.15, -0.1) is 0 Å². The summed E-state index contributed by atoms with van der Waals surface area (Å²) < 4.78 is 6.05. The normalized spacial score (nSPS) is 12.0. The van der Waals surface area contributed by atoms with Gasteiger partial charge in [-0.05, 0) is 23.8 Å². The molecule has 7 heteroatoms. The largest absolute Gasteiger partial charge is 0.493 e. The van der Waals surface area contributed by atoms with Crippen molar-refractivity contribution in [3.63, 3.8) is 0 Å². The highest BCUT2D eigenvalue weighted by Gasteiger charge is 2.26. The van der Waals surface area contributed by atoms with E-state index in [0.717, 1.165) is 0 Å². The summed E-state index contributed by atoms with van der Waals surface area (Å²) >= 11 is 0. The first kappa shape index (κ1) is 15.7. The number of hydrogen-bond acceptors (Lipinski definition) is 6. The van der Waals surface area contributed by atoms with Gasteiger partial charge in [0.2, 0.25) is 5.88 Å². The van der Waals surface area contributed by atoms with Crippen molar-refractivity contribution >= 4 is 11.6 Å². The van der Waals surface area contributed by atoms with Crippen molar-refractivity contribution in [1.82, 2.24) is 14.4 Å². The molecule has 3 aromatic rings. The quantitative estimate of drug-likeness (QED) is 0.730. The van der Waals surface area contributed by atoms with Crippen LogP contribution in [0.5, 0.6) is 5.88 Å². The molecule has 0 aromatic carbocycles. The number of methoxy groups -OCH3 is 1. The fourth-order valence-electron chi connectivity index (χ4n) is 2.61. The van der Waals surface area contributed by atoms with E-state index in [1.165, 1.54) is 11.5 Å². The zero-order valence-electron chi connectivity index (χ0n) is 12.9. The highest BCUT2D eigenvalue weighted by Crippen LogP contribution is 2.30. The molecule has 0 aliphatic heterocycles. The minimum atomic E-state index is -0.705. The van der Waals surface area contributed by atoms with Crippen LogP contribution in [0.2, 0.25) is 0 Å². The zero-order valence-corrected chi connectivity index (χ0v) is 12.9. The molecule has 3 rings (SSSR count). The predicted molar refractivity (Wildman–Crippen MR) is 85.8 cm³/mol. The maximum atomic E-state index is 12.8. The van der Waals surface area contributed by atoms with Gasteiger partial charge in [-0.3, -0.25) is 19.0 Å². The molecule has 1 atom stereocenters. The number of ether oxygens (including phenoxy) is 1. The molecule has 0 amide bonds. The second kappa shape index (κ2) is 6.49. The van der Waals surface area contributed by atoms with Gasteiger partial charge in [-0.1, -0.05) is 12.1 Å². The van der Waals surface area contributed by atoms with E-state index in [2.05, 4.69) is 9.97 Å². The Labute approximate surface area is 137 Å². The molecule has 0 spiro atoms. The lowest BCUT2D eigenvalue weighted by molar-refractivity contribution is -0.140. The summed E-state index contributed by atoms with van der Waals surface area (Å²) in [4.78, 5) is 32.7. The second-order valence-electron chi connectivity index (χ2n) is 5.20. The smallest absolute Gasteiger partial charge is 0.306 e. The van der Waals surface area contributed by atoms with Crippen molar-refractivity contribution in [2.45, 2.75) is 12.3 Å². The molecule has 0 radical (unpaired) electrons. The van der Waals surface area contributed by atoms with Crippen LogP contribution in [0.1, 0.15) is 23.5 Å². The van der Waals surface area contributed by atoms with Crippen LogP contribution in [0.25, 0.3) is 5.65 Å². The van der Waals surface area contributed by atoms with Crippen molar-refractivity contribution in [3.8, 4) is 5.88 Å². The monoisotopic (exact) mass is 325 g/mol. The maximum absolute atomic E-state index is 12.8. The van der Waals surface area contributed by atoms with Crippen LogP contribution in [0.3, 0.4) is 0 Å². The fourth-order valence-corrected chi connectivity index (χ4v) is 2.61. The molecule has 3 heterocycles. The summed E-state index contributed by atoms with van der Waals surface area (Å²) in [7, 11) is 1.27. The van der Waals surface area contributed by atoms with Gasteiger partial charge in [0.05, 0.1) is 19.1 Å². The van der Waals surface area contributed by atoms with Crippen LogP contribution >= 0.6 is 0 Å². The number of carbonyl (C=O) groups excluding carboxylic acids is 1. The van der Waals surface area contributed by atoms with E-state index in [9.17, 15) is 14.7 Å². The summed E-state index contributed by atoms with van der Waals surface area (Å²) in [5.41, 5.74) is 0.549. The lowest BCUT2D eigenvalue weighted by Gasteiger charge is -2.17. The lowest BCUT2D eigenvalue weighted by atomic mass is 9.90. The van der Waals surface area contributed by atoms with Gasteiger partial charge in [0, 0.05) is 24.5 Å². The van der Waals surface area contributed by atoms with Gasteiger partial charge in [-0.2, -0.15) is 4.98 Å². The van der Waals surface area contributed by atoms with E-state index < -0.39 is 23.3 Å². The van der Waals surface area contributed by atoms with E-state index in [4.69, 9.17) is 4.74 Å². The summed E-state index contributed by atoms with van der Waals surface area (Å²) in [5.74, 6) is -1.60. The van der Waals surface area contributed by atoms with Gasteiger partial charge in [0.15, 0.2) is 0 Å². The van der Waals surface area contributed by atoms with Crippen molar-refractivity contribution in [3.05, 3.63) is 70.4 Å². The number of nitrogens with zero attached hydrogens (tertiary/aromatic N) is 3. The molecule has 0 aliphatic carbocycles. The Hall–Kier alpha value is -3.22. The Balaban J connectivity index is 2.23. The third kappa shape index (κ3) is 2.83. The Bertz CT molecular complexity index is 937. The van der Waals surface area contributed by atoms with E-state index in [-0.39, 0.29) is 12.0 Å². The summed E-state index contributed by atoms with van der Waals surface area (Å²) in [6.07, 6.45) is 4.59. The molecule has 0 bridgehead atoms. The van der Waals surface area contributed by atoms with Crippen molar-refractivity contribution in [2.75, 3.05) is 7.11 Å². The molecule has 0 aliphatic rings. The van der Waals surface area contributed by atoms with Crippen molar-refractivity contribution in [1.29, 1.82) is 0 Å². The average Bonchev–Trinajstić information content (AvgIpc) is 2.61. The third-order valence-electron chi connectivity index (χ3n) is 3.78. The number of aromatic hydroxyl groups is 1. The molecule has 7 nitrogen and oxygen atoms in total.